The van der Waals surface area contributed by atoms with Gasteiger partial charge in [-0.2, -0.15) is 0 Å². The first-order valence-electron chi connectivity index (χ1n) is 6.42. The number of hydrogen-bond donors (Lipinski definition) is 1. The third-order valence-electron chi connectivity index (χ3n) is 2.95. The number of urea groups is 1. The van der Waals surface area contributed by atoms with Crippen LogP contribution in [0.2, 0.25) is 0 Å². The van der Waals surface area contributed by atoms with Crippen molar-refractivity contribution in [2.45, 2.75) is 53.1 Å². The minimum Gasteiger partial charge on any atom is -0.480 e. The van der Waals surface area contributed by atoms with E-state index in [4.69, 9.17) is 5.11 Å². The summed E-state index contributed by atoms with van der Waals surface area (Å²) in [5.74, 6) is -0.482. The first-order chi connectivity index (χ1) is 8.16. The molecule has 0 bridgehead atoms. The van der Waals surface area contributed by atoms with E-state index >= 15 is 0 Å². The van der Waals surface area contributed by atoms with Gasteiger partial charge in [0.25, 0.3) is 0 Å². The fourth-order valence-corrected chi connectivity index (χ4v) is 1.85. The molecule has 0 saturated carbocycles. The highest BCUT2D eigenvalue weighted by Crippen LogP contribution is 2.13. The van der Waals surface area contributed by atoms with Gasteiger partial charge in [0.15, 0.2) is 0 Å². The highest BCUT2D eigenvalue weighted by Gasteiger charge is 2.25. The van der Waals surface area contributed by atoms with Crippen molar-refractivity contribution in [3.63, 3.8) is 0 Å². The summed E-state index contributed by atoms with van der Waals surface area (Å²) < 4.78 is 0. The molecule has 0 aliphatic heterocycles. The number of carbonyl (C=O) groups is 2. The van der Waals surface area contributed by atoms with Gasteiger partial charge in [-0.25, -0.2) is 4.79 Å². The summed E-state index contributed by atoms with van der Waals surface area (Å²) in [6, 6.07) is -0.240. The summed E-state index contributed by atoms with van der Waals surface area (Å²) in [6.07, 6.45) is 0.904. The Kier molecular flexibility index (Phi) is 6.73. The molecule has 0 aromatic heterocycles. The maximum atomic E-state index is 12.2. The number of carbonyl (C=O) groups excluding carboxylic acids is 1. The zero-order valence-electron chi connectivity index (χ0n) is 12.3. The van der Waals surface area contributed by atoms with E-state index in [1.807, 2.05) is 20.8 Å². The summed E-state index contributed by atoms with van der Waals surface area (Å²) in [7, 11) is 1.73. The highest BCUT2D eigenvalue weighted by molar-refractivity contribution is 5.80. The van der Waals surface area contributed by atoms with Crippen molar-refractivity contribution >= 4 is 12.0 Å². The van der Waals surface area contributed by atoms with Crippen molar-refractivity contribution in [2.75, 3.05) is 13.6 Å². The number of carboxylic acids is 1. The summed E-state index contributed by atoms with van der Waals surface area (Å²) in [4.78, 5) is 26.0. The van der Waals surface area contributed by atoms with Crippen LogP contribution in [0, 0.1) is 5.92 Å². The van der Waals surface area contributed by atoms with Gasteiger partial charge < -0.3 is 14.9 Å². The molecule has 0 spiro atoms. The second-order valence-corrected chi connectivity index (χ2v) is 5.49. The van der Waals surface area contributed by atoms with Crippen molar-refractivity contribution in [1.29, 1.82) is 0 Å². The molecule has 1 atom stereocenters. The van der Waals surface area contributed by atoms with E-state index in [-0.39, 0.29) is 24.7 Å². The topological polar surface area (TPSA) is 60.9 Å². The van der Waals surface area contributed by atoms with Crippen molar-refractivity contribution in [3.05, 3.63) is 0 Å². The number of aliphatic carboxylic acids is 1. The zero-order valence-corrected chi connectivity index (χ0v) is 12.3. The molecular weight excluding hydrogens is 232 g/mol. The number of nitrogens with zero attached hydrogens (tertiary/aromatic N) is 2. The number of amides is 2. The molecule has 0 radical (unpaired) electrons. The van der Waals surface area contributed by atoms with E-state index in [0.717, 1.165) is 6.42 Å². The fourth-order valence-electron chi connectivity index (χ4n) is 1.85. The van der Waals surface area contributed by atoms with E-state index in [0.29, 0.717) is 5.92 Å². The maximum Gasteiger partial charge on any atom is 0.323 e. The second kappa shape index (κ2) is 7.24. The number of hydrogen-bond acceptors (Lipinski definition) is 2. The van der Waals surface area contributed by atoms with E-state index in [1.165, 1.54) is 4.90 Å². The van der Waals surface area contributed by atoms with E-state index in [2.05, 4.69) is 13.8 Å². The van der Waals surface area contributed by atoms with Gasteiger partial charge in [0.2, 0.25) is 0 Å². The van der Waals surface area contributed by atoms with Gasteiger partial charge >= 0.3 is 12.0 Å². The lowest BCUT2D eigenvalue weighted by atomic mass is 10.0. The molecule has 18 heavy (non-hydrogen) atoms. The van der Waals surface area contributed by atoms with E-state index in [1.54, 1.807) is 11.9 Å². The van der Waals surface area contributed by atoms with Crippen LogP contribution >= 0.6 is 0 Å². The largest absolute Gasteiger partial charge is 0.480 e. The summed E-state index contributed by atoms with van der Waals surface area (Å²) in [5.41, 5.74) is 0. The number of rotatable bonds is 6. The van der Waals surface area contributed by atoms with Crippen LogP contribution in [0.25, 0.3) is 0 Å². The molecule has 0 aromatic carbocycles. The van der Waals surface area contributed by atoms with Crippen molar-refractivity contribution in [1.82, 2.24) is 9.80 Å². The van der Waals surface area contributed by atoms with Gasteiger partial charge in [0, 0.05) is 19.1 Å². The normalized spacial score (nSPS) is 12.7. The minimum absolute atomic E-state index is 0.104. The van der Waals surface area contributed by atoms with E-state index in [9.17, 15) is 9.59 Å². The Morgan fingerprint density at radius 2 is 1.61 bits per heavy atom. The molecule has 0 rings (SSSR count). The average Bonchev–Trinajstić information content (AvgIpc) is 2.22. The molecular formula is C13H26N2O3. The van der Waals surface area contributed by atoms with Gasteiger partial charge in [-0.1, -0.05) is 13.8 Å². The molecule has 106 valence electrons. The highest BCUT2D eigenvalue weighted by atomic mass is 16.4. The minimum atomic E-state index is -0.984. The molecule has 0 fully saturated rings. The van der Waals surface area contributed by atoms with Crippen LogP contribution in [-0.4, -0.2) is 52.6 Å². The van der Waals surface area contributed by atoms with Crippen LogP contribution in [0.15, 0.2) is 0 Å². The third kappa shape index (κ3) is 5.38. The van der Waals surface area contributed by atoms with Gasteiger partial charge in [-0.15, -0.1) is 0 Å². The van der Waals surface area contributed by atoms with Crippen LogP contribution in [0.4, 0.5) is 4.79 Å². The SMILES string of the molecule is CC(C)CC(C)N(C)C(=O)N(CC(=O)O)C(C)C. The smallest absolute Gasteiger partial charge is 0.323 e. The summed E-state index contributed by atoms with van der Waals surface area (Å²) in [6.45, 7) is 9.58. The lowest BCUT2D eigenvalue weighted by Gasteiger charge is -2.34. The molecule has 0 saturated heterocycles. The fraction of sp³-hybridized carbons (Fsp3) is 0.846. The summed E-state index contributed by atoms with van der Waals surface area (Å²) in [5, 5.41) is 8.84. The molecule has 5 heteroatoms. The monoisotopic (exact) mass is 258 g/mol. The van der Waals surface area contributed by atoms with Crippen LogP contribution in [0.1, 0.15) is 41.0 Å². The Bertz CT molecular complexity index is 290. The molecule has 1 N–H and O–H groups in total. The number of carboxylic acid groups (broad SMARTS) is 1. The van der Waals surface area contributed by atoms with Crippen LogP contribution in [-0.2, 0) is 4.79 Å². The van der Waals surface area contributed by atoms with Gasteiger partial charge in [-0.05, 0) is 33.1 Å². The first kappa shape index (κ1) is 16.7. The van der Waals surface area contributed by atoms with Crippen molar-refractivity contribution < 1.29 is 14.7 Å². The maximum absolute atomic E-state index is 12.2. The second-order valence-electron chi connectivity index (χ2n) is 5.49. The predicted octanol–water partition coefficient (Wildman–Crippen LogP) is 2.27. The first-order valence-corrected chi connectivity index (χ1v) is 6.42. The lowest BCUT2D eigenvalue weighted by Crippen LogP contribution is -2.49. The quantitative estimate of drug-likeness (QED) is 0.795. The van der Waals surface area contributed by atoms with Gasteiger partial charge in [-0.3, -0.25) is 4.79 Å². The Morgan fingerprint density at radius 3 is 1.94 bits per heavy atom. The predicted molar refractivity (Wildman–Crippen MR) is 71.6 cm³/mol. The Balaban J connectivity index is 4.70. The van der Waals surface area contributed by atoms with Crippen LogP contribution in [0.5, 0.6) is 0 Å². The molecule has 0 heterocycles. The van der Waals surface area contributed by atoms with Crippen LogP contribution in [0.3, 0.4) is 0 Å². The molecule has 0 aromatic rings. The molecule has 0 aliphatic rings. The van der Waals surface area contributed by atoms with E-state index < -0.39 is 5.97 Å². The third-order valence-corrected chi connectivity index (χ3v) is 2.95. The van der Waals surface area contributed by atoms with Gasteiger partial charge in [0.1, 0.15) is 6.54 Å². The molecule has 1 unspecified atom stereocenters. The molecule has 2 amide bonds. The standard InChI is InChI=1S/C13H26N2O3/c1-9(2)7-11(5)14(6)13(18)15(10(3)4)8-12(16)17/h9-11H,7-8H2,1-6H3,(H,16,17). The Morgan fingerprint density at radius 1 is 1.11 bits per heavy atom. The van der Waals surface area contributed by atoms with Crippen molar-refractivity contribution in [3.8, 4) is 0 Å². The van der Waals surface area contributed by atoms with Crippen LogP contribution < -0.4 is 0 Å². The lowest BCUT2D eigenvalue weighted by molar-refractivity contribution is -0.138. The molecule has 5 nitrogen and oxygen atoms in total. The average molecular weight is 258 g/mol. The van der Waals surface area contributed by atoms with Crippen molar-refractivity contribution in [2.24, 2.45) is 5.92 Å². The van der Waals surface area contributed by atoms with Gasteiger partial charge in [0.05, 0.1) is 0 Å². The molecule has 0 aliphatic carbocycles. The zero-order chi connectivity index (χ0) is 14.5. The Labute approximate surface area is 110 Å². The summed E-state index contributed by atoms with van der Waals surface area (Å²) >= 11 is 0. The Hall–Kier alpha value is -1.26.